The lowest BCUT2D eigenvalue weighted by Crippen LogP contribution is -2.19. The van der Waals surface area contributed by atoms with Gasteiger partial charge in [-0.2, -0.15) is 0 Å². The number of halogens is 3. The maximum atomic E-state index is 12.5. The number of hydrogen-bond acceptors (Lipinski definition) is 4. The van der Waals surface area contributed by atoms with Crippen molar-refractivity contribution in [2.45, 2.75) is 33.1 Å². The van der Waals surface area contributed by atoms with Gasteiger partial charge in [-0.15, -0.1) is 0 Å². The molecule has 2 aromatic carbocycles. The minimum Gasteiger partial charge on any atom is -0.371 e. The van der Waals surface area contributed by atoms with Gasteiger partial charge in [-0.1, -0.05) is 42.8 Å². The lowest BCUT2D eigenvalue weighted by molar-refractivity contribution is 0.111. The fourth-order valence-electron chi connectivity index (χ4n) is 3.12. The molecule has 4 nitrogen and oxygen atoms in total. The van der Waals surface area contributed by atoms with Gasteiger partial charge in [0.05, 0.1) is 21.2 Å². The molecule has 0 unspecified atom stereocenters. The first kappa shape index (κ1) is 26.1. The van der Waals surface area contributed by atoms with Crippen LogP contribution < -0.4 is 10.2 Å². The molecule has 0 amide bonds. The lowest BCUT2D eigenvalue weighted by Gasteiger charge is -2.19. The Morgan fingerprint density at radius 3 is 1.80 bits per heavy atom. The predicted octanol–water partition coefficient (Wildman–Crippen LogP) is 6.05. The quantitative estimate of drug-likeness (QED) is 0.573. The second-order valence-electron chi connectivity index (χ2n) is 6.69. The van der Waals surface area contributed by atoms with Crippen molar-refractivity contribution in [1.82, 2.24) is 5.32 Å². The molecule has 0 spiro atoms. The second-order valence-corrected chi connectivity index (χ2v) is 7.51. The molecular formula is C23H29Cl2FN2O2. The summed E-state index contributed by atoms with van der Waals surface area (Å²) in [6.07, 6.45) is 6.42. The largest absolute Gasteiger partial charge is 0.371 e. The summed E-state index contributed by atoms with van der Waals surface area (Å²) in [5, 5.41) is 3.92. The zero-order valence-corrected chi connectivity index (χ0v) is 17.7. The maximum Gasteiger partial charge on any atom is 0.154 e. The molecule has 1 N–H and O–H groups in total. The summed E-state index contributed by atoms with van der Waals surface area (Å²) in [5.74, 6) is -0.581. The molecular weight excluding hydrogens is 426 g/mol. The van der Waals surface area contributed by atoms with Gasteiger partial charge in [-0.05, 0) is 63.0 Å². The highest BCUT2D eigenvalue weighted by Gasteiger charge is 2.16. The van der Waals surface area contributed by atoms with Gasteiger partial charge >= 0.3 is 0 Å². The number of hydrogen-bond donors (Lipinski definition) is 1. The third kappa shape index (κ3) is 7.71. The van der Waals surface area contributed by atoms with Crippen molar-refractivity contribution in [2.75, 3.05) is 31.1 Å². The highest BCUT2D eigenvalue weighted by Crippen LogP contribution is 2.28. The van der Waals surface area contributed by atoms with Crippen molar-refractivity contribution in [3.63, 3.8) is 0 Å². The van der Waals surface area contributed by atoms with Crippen LogP contribution in [0.25, 0.3) is 0 Å². The molecule has 7 heteroatoms. The average molecular weight is 455 g/mol. The van der Waals surface area contributed by atoms with Crippen LogP contribution in [0, 0.1) is 5.82 Å². The van der Waals surface area contributed by atoms with Crippen molar-refractivity contribution in [3.8, 4) is 0 Å². The molecule has 2 heterocycles. The molecule has 0 atom stereocenters. The van der Waals surface area contributed by atoms with Crippen LogP contribution in [-0.2, 0) is 0 Å². The number of rotatable bonds is 3. The maximum absolute atomic E-state index is 12.5. The van der Waals surface area contributed by atoms with Crippen LogP contribution in [0.3, 0.4) is 0 Å². The summed E-state index contributed by atoms with van der Waals surface area (Å²) in [6, 6.07) is 9.71. The predicted molar refractivity (Wildman–Crippen MR) is 124 cm³/mol. The van der Waals surface area contributed by atoms with Crippen LogP contribution >= 0.6 is 23.2 Å². The monoisotopic (exact) mass is 454 g/mol. The molecule has 30 heavy (non-hydrogen) atoms. The summed E-state index contributed by atoms with van der Waals surface area (Å²) in [7, 11) is 0. The van der Waals surface area contributed by atoms with E-state index in [1.54, 1.807) is 6.07 Å². The third-order valence-electron chi connectivity index (χ3n) is 4.67. The molecule has 164 valence electrons. The summed E-state index contributed by atoms with van der Waals surface area (Å²) < 4.78 is 12.5. The Morgan fingerprint density at radius 1 is 0.833 bits per heavy atom. The van der Waals surface area contributed by atoms with Crippen LogP contribution in [0.5, 0.6) is 0 Å². The standard InChI is InChI=1S/C11H12ClNO.C7H4ClFO.C4H9N.CH4/c12-10-4-3-5-11(9(10)8-14)13-6-1-2-7-13;8-6-2-1-3-7(9)5(6)4-10;1-2-4-5-3-1;/h3-5,8H,1-2,6-7H2;1-4H;5H,1-4H2;1H4. The van der Waals surface area contributed by atoms with Gasteiger partial charge in [0.1, 0.15) is 5.82 Å². The van der Waals surface area contributed by atoms with E-state index in [0.29, 0.717) is 16.9 Å². The van der Waals surface area contributed by atoms with Gasteiger partial charge in [0.25, 0.3) is 0 Å². The number of anilines is 1. The Morgan fingerprint density at radius 2 is 1.37 bits per heavy atom. The Labute approximate surface area is 188 Å². The molecule has 0 aliphatic carbocycles. The van der Waals surface area contributed by atoms with Crippen LogP contribution in [0.4, 0.5) is 10.1 Å². The van der Waals surface area contributed by atoms with E-state index in [1.807, 2.05) is 12.1 Å². The smallest absolute Gasteiger partial charge is 0.154 e. The van der Waals surface area contributed by atoms with Crippen LogP contribution in [0.2, 0.25) is 10.0 Å². The minimum atomic E-state index is -0.581. The molecule has 0 radical (unpaired) electrons. The van der Waals surface area contributed by atoms with Crippen molar-refractivity contribution in [3.05, 3.63) is 63.4 Å². The molecule has 2 saturated heterocycles. The SMILES string of the molecule is C.C1CCNC1.O=Cc1c(Cl)cccc1N1CCCC1.O=Cc1c(F)cccc1Cl. The Bertz CT molecular complexity index is 780. The molecule has 0 aromatic heterocycles. The lowest BCUT2D eigenvalue weighted by atomic mass is 10.2. The highest BCUT2D eigenvalue weighted by molar-refractivity contribution is 6.33. The first-order valence-corrected chi connectivity index (χ1v) is 10.4. The Kier molecular flexibility index (Phi) is 12.3. The second kappa shape index (κ2) is 14.1. The molecule has 0 bridgehead atoms. The molecule has 2 aromatic rings. The molecule has 2 aliphatic rings. The fraction of sp³-hybridized carbons (Fsp3) is 0.391. The van der Waals surface area contributed by atoms with E-state index in [4.69, 9.17) is 23.2 Å². The Hall–Kier alpha value is -1.95. The Balaban J connectivity index is 0.000000246. The average Bonchev–Trinajstić information content (AvgIpc) is 3.45. The van der Waals surface area contributed by atoms with Crippen molar-refractivity contribution in [1.29, 1.82) is 0 Å². The highest BCUT2D eigenvalue weighted by atomic mass is 35.5. The van der Waals surface area contributed by atoms with E-state index in [2.05, 4.69) is 10.2 Å². The summed E-state index contributed by atoms with van der Waals surface area (Å²) in [5.41, 5.74) is 1.52. The normalized spacial score (nSPS) is 14.6. The third-order valence-corrected chi connectivity index (χ3v) is 5.33. The zero-order chi connectivity index (χ0) is 21.1. The molecule has 0 saturated carbocycles. The van der Waals surface area contributed by atoms with E-state index in [1.165, 1.54) is 57.0 Å². The summed E-state index contributed by atoms with van der Waals surface area (Å²) in [6.45, 7) is 4.56. The van der Waals surface area contributed by atoms with Crippen molar-refractivity contribution >= 4 is 41.5 Å². The first-order valence-electron chi connectivity index (χ1n) is 9.67. The number of nitrogens with zero attached hydrogens (tertiary/aromatic N) is 1. The topological polar surface area (TPSA) is 49.4 Å². The van der Waals surface area contributed by atoms with Gasteiger partial charge in [0.2, 0.25) is 0 Å². The van der Waals surface area contributed by atoms with Gasteiger partial charge < -0.3 is 10.2 Å². The van der Waals surface area contributed by atoms with Gasteiger partial charge in [0.15, 0.2) is 12.6 Å². The summed E-state index contributed by atoms with van der Waals surface area (Å²) >= 11 is 11.4. The van der Waals surface area contributed by atoms with Crippen molar-refractivity contribution < 1.29 is 14.0 Å². The minimum absolute atomic E-state index is 0. The fourth-order valence-corrected chi connectivity index (χ4v) is 3.55. The van der Waals surface area contributed by atoms with Gasteiger partial charge in [-0.25, -0.2) is 4.39 Å². The number of aldehydes is 2. The van der Waals surface area contributed by atoms with Crippen LogP contribution in [0.15, 0.2) is 36.4 Å². The summed E-state index contributed by atoms with van der Waals surface area (Å²) in [4.78, 5) is 23.2. The van der Waals surface area contributed by atoms with Crippen molar-refractivity contribution in [2.24, 2.45) is 0 Å². The first-order chi connectivity index (χ1) is 14.1. The number of nitrogens with one attached hydrogen (secondary N) is 1. The number of carbonyl (C=O) groups excluding carboxylic acids is 2. The van der Waals surface area contributed by atoms with Crippen LogP contribution in [0.1, 0.15) is 53.8 Å². The van der Waals surface area contributed by atoms with E-state index in [0.717, 1.165) is 25.1 Å². The zero-order valence-electron chi connectivity index (χ0n) is 16.2. The molecule has 2 fully saturated rings. The van der Waals surface area contributed by atoms with E-state index < -0.39 is 5.82 Å². The molecule has 2 aliphatic heterocycles. The van der Waals surface area contributed by atoms with E-state index in [-0.39, 0.29) is 18.0 Å². The van der Waals surface area contributed by atoms with Crippen LogP contribution in [-0.4, -0.2) is 38.8 Å². The number of carbonyl (C=O) groups is 2. The number of benzene rings is 2. The van der Waals surface area contributed by atoms with E-state index in [9.17, 15) is 14.0 Å². The van der Waals surface area contributed by atoms with Gasteiger partial charge in [0, 0.05) is 18.8 Å². The van der Waals surface area contributed by atoms with E-state index >= 15 is 0 Å². The van der Waals surface area contributed by atoms with Gasteiger partial charge in [-0.3, -0.25) is 9.59 Å². The molecule has 4 rings (SSSR count).